The molecule has 0 aliphatic carbocycles. The van der Waals surface area contributed by atoms with Crippen molar-refractivity contribution in [2.24, 2.45) is 0 Å². The van der Waals surface area contributed by atoms with Gasteiger partial charge in [-0.2, -0.15) is 0 Å². The molecule has 0 N–H and O–H groups in total. The van der Waals surface area contributed by atoms with Gasteiger partial charge in [-0.05, 0) is 18.2 Å². The Hall–Kier alpha value is -1.90. The van der Waals surface area contributed by atoms with Crippen LogP contribution in [0.5, 0.6) is 0 Å². The van der Waals surface area contributed by atoms with Crippen molar-refractivity contribution >= 4 is 16.6 Å². The maximum Gasteiger partial charge on any atom is 0.0902 e. The molecule has 0 amide bonds. The van der Waals surface area contributed by atoms with Gasteiger partial charge >= 0.3 is 0 Å². The van der Waals surface area contributed by atoms with Crippen LogP contribution in [0.15, 0.2) is 43.0 Å². The van der Waals surface area contributed by atoms with Crippen molar-refractivity contribution in [3.63, 3.8) is 0 Å². The van der Waals surface area contributed by atoms with Crippen molar-refractivity contribution < 1.29 is 0 Å². The van der Waals surface area contributed by atoms with E-state index in [-0.39, 0.29) is 0 Å². The maximum atomic E-state index is 4.32. The van der Waals surface area contributed by atoms with Crippen LogP contribution < -0.4 is 0 Å². The zero-order chi connectivity index (χ0) is 8.67. The van der Waals surface area contributed by atoms with E-state index in [2.05, 4.69) is 14.4 Å². The van der Waals surface area contributed by atoms with E-state index >= 15 is 0 Å². The highest BCUT2D eigenvalue weighted by Crippen LogP contribution is 2.12. The Morgan fingerprint density at radius 3 is 3.15 bits per heavy atom. The zero-order valence-corrected chi connectivity index (χ0v) is 6.88. The van der Waals surface area contributed by atoms with Gasteiger partial charge in [0.25, 0.3) is 0 Å². The minimum atomic E-state index is 0.971. The number of fused-ring (bicyclic) bond motifs is 3. The highest BCUT2D eigenvalue weighted by molar-refractivity contribution is 5.76. The molecule has 0 saturated carbocycles. The van der Waals surface area contributed by atoms with Crippen LogP contribution in [0.3, 0.4) is 0 Å². The van der Waals surface area contributed by atoms with Gasteiger partial charge in [0.05, 0.1) is 28.9 Å². The SMILES string of the molecule is c1cc2cnc3ccncc3n2c1. The number of nitrogens with zero attached hydrogens (tertiary/aromatic N) is 3. The van der Waals surface area contributed by atoms with E-state index in [1.54, 1.807) is 6.20 Å². The quantitative estimate of drug-likeness (QED) is 0.514. The van der Waals surface area contributed by atoms with Gasteiger partial charge in [0.2, 0.25) is 0 Å². The van der Waals surface area contributed by atoms with Gasteiger partial charge in [0.15, 0.2) is 0 Å². The van der Waals surface area contributed by atoms with Crippen molar-refractivity contribution in [2.75, 3.05) is 0 Å². The van der Waals surface area contributed by atoms with E-state index < -0.39 is 0 Å². The summed E-state index contributed by atoms with van der Waals surface area (Å²) in [5.74, 6) is 0. The van der Waals surface area contributed by atoms with Crippen LogP contribution in [0.4, 0.5) is 0 Å². The summed E-state index contributed by atoms with van der Waals surface area (Å²) in [4.78, 5) is 8.40. The Morgan fingerprint density at radius 1 is 1.15 bits per heavy atom. The largest absolute Gasteiger partial charge is 0.312 e. The molecule has 0 radical (unpaired) electrons. The van der Waals surface area contributed by atoms with Gasteiger partial charge in [-0.1, -0.05) is 0 Å². The number of aromatic nitrogens is 3. The molecule has 3 aromatic rings. The minimum Gasteiger partial charge on any atom is -0.312 e. The number of hydrogen-bond acceptors (Lipinski definition) is 2. The normalized spacial score (nSPS) is 11.1. The molecule has 62 valence electrons. The van der Waals surface area contributed by atoms with Crippen LogP contribution in [-0.4, -0.2) is 14.4 Å². The average Bonchev–Trinajstić information content (AvgIpc) is 2.65. The Kier molecular flexibility index (Phi) is 1.16. The third kappa shape index (κ3) is 0.839. The van der Waals surface area contributed by atoms with Gasteiger partial charge in [-0.15, -0.1) is 0 Å². The van der Waals surface area contributed by atoms with Gasteiger partial charge in [0.1, 0.15) is 0 Å². The Labute approximate surface area is 74.7 Å². The molecular weight excluding hydrogens is 162 g/mol. The van der Waals surface area contributed by atoms with Crippen LogP contribution in [0.25, 0.3) is 16.6 Å². The Bertz CT molecular complexity index is 568. The third-order valence-electron chi connectivity index (χ3n) is 2.15. The second-order valence-electron chi connectivity index (χ2n) is 2.93. The van der Waals surface area contributed by atoms with Gasteiger partial charge in [0, 0.05) is 12.4 Å². The molecule has 3 nitrogen and oxygen atoms in total. The first kappa shape index (κ1) is 6.60. The highest BCUT2D eigenvalue weighted by Gasteiger charge is 1.98. The van der Waals surface area contributed by atoms with Crippen molar-refractivity contribution in [1.82, 2.24) is 14.4 Å². The lowest BCUT2D eigenvalue weighted by Crippen LogP contribution is -1.89. The second kappa shape index (κ2) is 2.29. The van der Waals surface area contributed by atoms with E-state index in [0.717, 1.165) is 16.6 Å². The molecule has 3 heterocycles. The lowest BCUT2D eigenvalue weighted by atomic mass is 10.4. The van der Waals surface area contributed by atoms with E-state index in [4.69, 9.17) is 0 Å². The summed E-state index contributed by atoms with van der Waals surface area (Å²) in [7, 11) is 0. The fraction of sp³-hybridized carbons (Fsp3) is 0. The molecule has 0 aliphatic rings. The minimum absolute atomic E-state index is 0.971. The molecule has 0 unspecified atom stereocenters. The van der Waals surface area contributed by atoms with Crippen molar-refractivity contribution in [1.29, 1.82) is 0 Å². The number of hydrogen-bond donors (Lipinski definition) is 0. The fourth-order valence-corrected chi connectivity index (χ4v) is 1.53. The predicted molar refractivity (Wildman–Crippen MR) is 50.5 cm³/mol. The molecular formula is C10H7N3. The number of rotatable bonds is 0. The molecule has 3 heteroatoms. The molecule has 0 aliphatic heterocycles. The summed E-state index contributed by atoms with van der Waals surface area (Å²) < 4.78 is 2.08. The average molecular weight is 169 g/mol. The maximum absolute atomic E-state index is 4.32. The van der Waals surface area contributed by atoms with E-state index in [1.807, 2.05) is 36.8 Å². The third-order valence-corrected chi connectivity index (χ3v) is 2.15. The molecule has 3 rings (SSSR count). The van der Waals surface area contributed by atoms with Gasteiger partial charge in [-0.3, -0.25) is 9.97 Å². The van der Waals surface area contributed by atoms with Gasteiger partial charge in [-0.25, -0.2) is 0 Å². The second-order valence-corrected chi connectivity index (χ2v) is 2.93. The van der Waals surface area contributed by atoms with Crippen LogP contribution in [-0.2, 0) is 0 Å². The first-order valence-electron chi connectivity index (χ1n) is 4.11. The smallest absolute Gasteiger partial charge is 0.0902 e. The lowest BCUT2D eigenvalue weighted by molar-refractivity contribution is 1.20. The predicted octanol–water partition coefficient (Wildman–Crippen LogP) is 1.88. The molecule has 0 saturated heterocycles. The Morgan fingerprint density at radius 2 is 2.15 bits per heavy atom. The molecule has 0 atom stereocenters. The van der Waals surface area contributed by atoms with Crippen LogP contribution in [0, 0.1) is 0 Å². The first-order valence-corrected chi connectivity index (χ1v) is 4.11. The Balaban J connectivity index is 2.65. The molecule has 3 aromatic heterocycles. The summed E-state index contributed by atoms with van der Waals surface area (Å²) in [5.41, 5.74) is 3.12. The van der Waals surface area contributed by atoms with Crippen LogP contribution >= 0.6 is 0 Å². The molecule has 13 heavy (non-hydrogen) atoms. The molecule has 0 spiro atoms. The van der Waals surface area contributed by atoms with Crippen molar-refractivity contribution in [2.45, 2.75) is 0 Å². The standard InChI is InChI=1S/C10H7N3/c1-2-8-6-12-9-3-4-11-7-10(9)13(8)5-1/h1-7H. The van der Waals surface area contributed by atoms with Gasteiger partial charge < -0.3 is 4.40 Å². The first-order chi connectivity index (χ1) is 6.45. The zero-order valence-electron chi connectivity index (χ0n) is 6.88. The topological polar surface area (TPSA) is 30.2 Å². The van der Waals surface area contributed by atoms with Crippen LogP contribution in [0.1, 0.15) is 0 Å². The highest BCUT2D eigenvalue weighted by atomic mass is 14.9. The number of pyridine rings is 1. The van der Waals surface area contributed by atoms with Crippen molar-refractivity contribution in [3.8, 4) is 0 Å². The summed E-state index contributed by atoms with van der Waals surface area (Å²) in [5, 5.41) is 0. The van der Waals surface area contributed by atoms with Crippen molar-refractivity contribution in [3.05, 3.63) is 43.0 Å². The summed E-state index contributed by atoms with van der Waals surface area (Å²) in [6.45, 7) is 0. The van der Waals surface area contributed by atoms with E-state index in [1.165, 1.54) is 0 Å². The summed E-state index contributed by atoms with van der Waals surface area (Å²) in [6.07, 6.45) is 7.46. The molecule has 0 bridgehead atoms. The summed E-state index contributed by atoms with van der Waals surface area (Å²) >= 11 is 0. The summed E-state index contributed by atoms with van der Waals surface area (Å²) in [6, 6.07) is 5.94. The molecule has 0 aromatic carbocycles. The monoisotopic (exact) mass is 169 g/mol. The molecule has 0 fully saturated rings. The van der Waals surface area contributed by atoms with Crippen LogP contribution in [0.2, 0.25) is 0 Å². The van der Waals surface area contributed by atoms with E-state index in [0.29, 0.717) is 0 Å². The lowest BCUT2D eigenvalue weighted by Gasteiger charge is -1.99. The fourth-order valence-electron chi connectivity index (χ4n) is 1.53. The van der Waals surface area contributed by atoms with E-state index in [9.17, 15) is 0 Å².